The summed E-state index contributed by atoms with van der Waals surface area (Å²) in [6.45, 7) is 0. The van der Waals surface area contributed by atoms with Gasteiger partial charge in [-0.05, 0) is 122 Å². The Morgan fingerprint density at radius 3 is 1.90 bits per heavy atom. The molecule has 0 saturated heterocycles. The highest BCUT2D eigenvalue weighted by atomic mass is 35.5. The lowest BCUT2D eigenvalue weighted by molar-refractivity contribution is 0.682. The minimum Gasteiger partial charge on any atom is -0.260 e. The largest absolute Gasteiger partial charge is 0.260 e. The van der Waals surface area contributed by atoms with Gasteiger partial charge in [0.25, 0.3) is 17.8 Å². The molecule has 0 amide bonds. The minimum absolute atomic E-state index is 0.451. The van der Waals surface area contributed by atoms with Gasteiger partial charge < -0.3 is 0 Å². The van der Waals surface area contributed by atoms with Crippen molar-refractivity contribution in [1.29, 1.82) is 0 Å². The number of fused-ring (bicyclic) bond motifs is 3. The Balaban J connectivity index is 0.888. The zero-order chi connectivity index (χ0) is 45.9. The van der Waals surface area contributed by atoms with Gasteiger partial charge in [0.15, 0.2) is 20.6 Å². The van der Waals surface area contributed by atoms with Gasteiger partial charge in [0.1, 0.15) is 10.5 Å². The maximum absolute atomic E-state index is 7.03. The third-order valence-corrected chi connectivity index (χ3v) is 13.6. The second-order valence-electron chi connectivity index (χ2n) is 14.9. The first-order chi connectivity index (χ1) is 33.3. The molecule has 12 aromatic rings. The molecule has 9 aromatic heterocycles. The van der Waals surface area contributed by atoms with Crippen molar-refractivity contribution in [3.63, 3.8) is 0 Å². The number of thioether (sulfide) groups is 1. The fourth-order valence-electron chi connectivity index (χ4n) is 7.52. The zero-order valence-electron chi connectivity index (χ0n) is 35.5. The molecule has 12 rings (SSSR count). The highest BCUT2D eigenvalue weighted by Gasteiger charge is 2.24. The summed E-state index contributed by atoms with van der Waals surface area (Å²) >= 11 is 11.2. The molecule has 68 heavy (non-hydrogen) atoms. The minimum atomic E-state index is 0.451. The lowest BCUT2D eigenvalue weighted by Gasteiger charge is -2.10. The van der Waals surface area contributed by atoms with Crippen LogP contribution in [0.25, 0.3) is 73.5 Å². The first-order valence-electron chi connectivity index (χ1n) is 20.4. The Morgan fingerprint density at radius 2 is 1.18 bits per heavy atom. The summed E-state index contributed by atoms with van der Waals surface area (Å²) in [5.74, 6) is 2.03. The molecule has 0 unspecified atom stereocenters. The van der Waals surface area contributed by atoms with Crippen LogP contribution in [0.15, 0.2) is 135 Å². The van der Waals surface area contributed by atoms with E-state index in [9.17, 15) is 0 Å². The van der Waals surface area contributed by atoms with Gasteiger partial charge in [0.2, 0.25) is 0 Å². The molecular formula is C42H29ClN22S3. The second kappa shape index (κ2) is 17.0. The fourth-order valence-corrected chi connectivity index (χ4v) is 10.4. The molecule has 3 aromatic carbocycles. The molecule has 26 heteroatoms. The molecular weight excluding hydrogens is 944 g/mol. The van der Waals surface area contributed by atoms with Crippen molar-refractivity contribution in [3.05, 3.63) is 120 Å². The lowest BCUT2D eigenvalue weighted by Crippen LogP contribution is -2.06. The highest BCUT2D eigenvalue weighted by molar-refractivity contribution is 7.99. The van der Waals surface area contributed by atoms with Crippen molar-refractivity contribution < 1.29 is 0 Å². The molecule has 0 spiro atoms. The van der Waals surface area contributed by atoms with E-state index in [0.717, 1.165) is 38.9 Å². The van der Waals surface area contributed by atoms with Gasteiger partial charge in [0.05, 0.1) is 49.7 Å². The first kappa shape index (κ1) is 41.4. The summed E-state index contributed by atoms with van der Waals surface area (Å²) in [5.41, 5.74) is 8.29. The number of aryl methyl sites for hydroxylation is 3. The number of tetrazole rings is 3. The van der Waals surface area contributed by atoms with Gasteiger partial charge in [-0.3, -0.25) is 18.7 Å². The first-order valence-corrected chi connectivity index (χ1v) is 23.4. The number of nitrogens with zero attached hydrogens (tertiary/aromatic N) is 22. The fraction of sp³-hybridized carbons (Fsp3) is 0.0952. The maximum atomic E-state index is 7.03. The summed E-state index contributed by atoms with van der Waals surface area (Å²) in [7, 11) is 5.34. The Kier molecular flexibility index (Phi) is 10.4. The standard InChI is InChI=1S/C42H29ClN22S3/c1-60-37(51-54-57-60)63-31-12-5-4-10-29(31)48-42(63)68-36-45-18-16-28(47-36)23-14-15-30-32(20-23)64(38-52-55-58-61(38)2)41(49-30)67-34-13-8-11-27(46-34)24-19-26(43)35-33(21-24)65(39-53-56-59-62(39)3)40(50-35)66-22-25-9-6-7-17-44-25/h4-21H,22H2,1-3H3. The highest BCUT2D eigenvalue weighted by Crippen LogP contribution is 2.38. The van der Waals surface area contributed by atoms with Crippen LogP contribution < -0.4 is 0 Å². The van der Waals surface area contributed by atoms with Gasteiger partial charge in [-0.25, -0.2) is 43.9 Å². The lowest BCUT2D eigenvalue weighted by atomic mass is 10.1. The van der Waals surface area contributed by atoms with Gasteiger partial charge in [-0.2, -0.15) is 0 Å². The number of rotatable bonds is 12. The van der Waals surface area contributed by atoms with Crippen LogP contribution in [-0.4, -0.2) is 109 Å². The quantitative estimate of drug-likeness (QED) is 0.0946. The molecule has 0 radical (unpaired) electrons. The van der Waals surface area contributed by atoms with Crippen molar-refractivity contribution in [2.75, 3.05) is 0 Å². The van der Waals surface area contributed by atoms with Crippen molar-refractivity contribution in [2.24, 2.45) is 21.1 Å². The predicted molar refractivity (Wildman–Crippen MR) is 252 cm³/mol. The molecule has 0 aliphatic heterocycles. The van der Waals surface area contributed by atoms with Crippen LogP contribution in [0.2, 0.25) is 5.02 Å². The van der Waals surface area contributed by atoms with Crippen molar-refractivity contribution in [1.82, 2.24) is 109 Å². The molecule has 0 bridgehead atoms. The van der Waals surface area contributed by atoms with Crippen LogP contribution in [0.5, 0.6) is 0 Å². The van der Waals surface area contributed by atoms with Crippen LogP contribution in [0.4, 0.5) is 0 Å². The molecule has 0 aliphatic carbocycles. The normalized spacial score (nSPS) is 11.8. The summed E-state index contributed by atoms with van der Waals surface area (Å²) < 4.78 is 10.5. The van der Waals surface area contributed by atoms with Gasteiger partial charge >= 0.3 is 0 Å². The van der Waals surface area contributed by atoms with Crippen molar-refractivity contribution >= 4 is 80.0 Å². The molecule has 22 nitrogen and oxygen atoms in total. The number of hydrogen-bond donors (Lipinski definition) is 0. The Labute approximate surface area is 400 Å². The van der Waals surface area contributed by atoms with Crippen molar-refractivity contribution in [2.45, 2.75) is 31.4 Å². The van der Waals surface area contributed by atoms with E-state index in [-0.39, 0.29) is 0 Å². The number of para-hydroxylation sites is 2. The average Bonchev–Trinajstić information content (AvgIpc) is 4.23. The SMILES string of the molecule is Cn1nnnc1-n1c(Sc2cccc(-c3cc(Cl)c4nc(SCc5ccccn5)n(-c5nnnn5C)c4c3)n2)nc2ccc(-c3ccnc(Sc4nc5ccccc5n4-c4nnnn4C)n3)cc21. The number of benzene rings is 3. The number of hydrogen-bond acceptors (Lipinski definition) is 19. The van der Waals surface area contributed by atoms with Crippen LogP contribution >= 0.6 is 46.9 Å². The number of imidazole rings is 3. The monoisotopic (exact) mass is 972 g/mol. The summed E-state index contributed by atoms with van der Waals surface area (Å²) in [5, 5.41) is 40.5. The maximum Gasteiger partial charge on any atom is 0.256 e. The van der Waals surface area contributed by atoms with Crippen LogP contribution in [0.1, 0.15) is 5.69 Å². The van der Waals surface area contributed by atoms with Crippen molar-refractivity contribution in [3.8, 4) is 40.4 Å². The predicted octanol–water partition coefficient (Wildman–Crippen LogP) is 6.44. The molecule has 0 N–H and O–H groups in total. The summed E-state index contributed by atoms with van der Waals surface area (Å²) in [4.78, 5) is 34.1. The molecule has 0 atom stereocenters. The van der Waals surface area contributed by atoms with E-state index in [1.165, 1.54) is 35.3 Å². The Bertz CT molecular complexity index is 3850. The van der Waals surface area contributed by atoms with E-state index < -0.39 is 0 Å². The third kappa shape index (κ3) is 7.45. The molecule has 0 fully saturated rings. The van der Waals surface area contributed by atoms with E-state index in [4.69, 9.17) is 36.5 Å². The molecule has 9 heterocycles. The van der Waals surface area contributed by atoms with Gasteiger partial charge in [-0.1, -0.05) is 69.0 Å². The van der Waals surface area contributed by atoms with E-state index in [1.54, 1.807) is 47.6 Å². The Morgan fingerprint density at radius 1 is 0.515 bits per heavy atom. The van der Waals surface area contributed by atoms with Gasteiger partial charge in [0, 0.05) is 50.4 Å². The molecule has 332 valence electrons. The number of halogens is 1. The molecule has 0 saturated carbocycles. The van der Waals surface area contributed by atoms with Crippen LogP contribution in [-0.2, 0) is 26.9 Å². The number of pyridine rings is 2. The summed E-state index contributed by atoms with van der Waals surface area (Å²) in [6.07, 6.45) is 3.49. The average molecular weight is 974 g/mol. The molecule has 0 aliphatic rings. The van der Waals surface area contributed by atoms with E-state index >= 15 is 0 Å². The Hall–Kier alpha value is -8.00. The van der Waals surface area contributed by atoms with Crippen LogP contribution in [0, 0.1) is 0 Å². The smallest absolute Gasteiger partial charge is 0.256 e. The number of aromatic nitrogens is 22. The van der Waals surface area contributed by atoms with E-state index in [1.807, 2.05) is 111 Å². The van der Waals surface area contributed by atoms with E-state index in [2.05, 4.69) is 56.5 Å². The topological polar surface area (TPSA) is 236 Å². The second-order valence-corrected chi connectivity index (χ2v) is 18.2. The van der Waals surface area contributed by atoms with E-state index in [0.29, 0.717) is 76.7 Å². The third-order valence-electron chi connectivity index (χ3n) is 10.6. The van der Waals surface area contributed by atoms with Gasteiger partial charge in [-0.15, -0.1) is 0 Å². The van der Waals surface area contributed by atoms with Crippen LogP contribution in [0.3, 0.4) is 0 Å². The zero-order valence-corrected chi connectivity index (χ0v) is 38.7. The summed E-state index contributed by atoms with van der Waals surface area (Å²) in [6, 6.07) is 31.1.